The quantitative estimate of drug-likeness (QED) is 0.273. The number of benzene rings is 2. The minimum Gasteiger partial charge on any atom is -0.488 e. The predicted molar refractivity (Wildman–Crippen MR) is 133 cm³/mol. The summed E-state index contributed by atoms with van der Waals surface area (Å²) in [6.07, 6.45) is 1.02. The van der Waals surface area contributed by atoms with Crippen LogP contribution in [0.1, 0.15) is 40.4 Å². The normalized spacial score (nSPS) is 15.8. The Kier molecular flexibility index (Phi) is 10.1. The van der Waals surface area contributed by atoms with E-state index in [9.17, 15) is 4.79 Å². The Morgan fingerprint density at radius 2 is 2.00 bits per heavy atom. The van der Waals surface area contributed by atoms with Gasteiger partial charge in [0.2, 0.25) is 5.91 Å². The minimum atomic E-state index is -0.430. The first-order valence-electron chi connectivity index (χ1n) is 10.3. The van der Waals surface area contributed by atoms with Gasteiger partial charge in [-0.05, 0) is 43.2 Å². The molecule has 8 heteroatoms. The van der Waals surface area contributed by atoms with Crippen LogP contribution in [0, 0.1) is 6.92 Å². The number of halogens is 1. The van der Waals surface area contributed by atoms with Crippen LogP contribution in [0.4, 0.5) is 0 Å². The zero-order valence-corrected chi connectivity index (χ0v) is 20.3. The zero-order chi connectivity index (χ0) is 21.3. The van der Waals surface area contributed by atoms with Gasteiger partial charge in [-0.15, -0.1) is 24.0 Å². The molecule has 2 aromatic carbocycles. The average Bonchev–Trinajstić information content (AvgIpc) is 3.24. The molecule has 1 unspecified atom stereocenters. The van der Waals surface area contributed by atoms with Crippen molar-refractivity contribution in [2.75, 3.05) is 19.8 Å². The van der Waals surface area contributed by atoms with E-state index in [-0.39, 0.29) is 30.1 Å². The number of ether oxygens (including phenoxy) is 2. The molecule has 2 aromatic rings. The number of primary amides is 1. The molecule has 1 amide bonds. The van der Waals surface area contributed by atoms with Crippen molar-refractivity contribution in [3.05, 3.63) is 64.7 Å². The van der Waals surface area contributed by atoms with Gasteiger partial charge in [-0.25, -0.2) is 4.99 Å². The molecular formula is C23H31IN4O3. The maximum atomic E-state index is 11.2. The molecule has 0 aromatic heterocycles. The van der Waals surface area contributed by atoms with Crippen molar-refractivity contribution in [2.45, 2.75) is 39.5 Å². The summed E-state index contributed by atoms with van der Waals surface area (Å²) in [7, 11) is 0. The molecule has 0 saturated carbocycles. The number of guanidine groups is 1. The molecule has 0 radical (unpaired) electrons. The summed E-state index contributed by atoms with van der Waals surface area (Å²) in [6, 6.07) is 13.4. The van der Waals surface area contributed by atoms with Crippen LogP contribution in [-0.2, 0) is 17.8 Å². The summed E-state index contributed by atoms with van der Waals surface area (Å²) >= 11 is 0. The molecular weight excluding hydrogens is 507 g/mol. The Morgan fingerprint density at radius 3 is 2.65 bits per heavy atom. The highest BCUT2D eigenvalue weighted by molar-refractivity contribution is 14.0. The summed E-state index contributed by atoms with van der Waals surface area (Å²) < 4.78 is 11.6. The van der Waals surface area contributed by atoms with Gasteiger partial charge in [-0.1, -0.05) is 24.3 Å². The number of hydrogen-bond donors (Lipinski definition) is 3. The number of aliphatic imine (C=N–C) groups is 1. The highest BCUT2D eigenvalue weighted by Crippen LogP contribution is 2.23. The molecule has 168 valence electrons. The van der Waals surface area contributed by atoms with Crippen molar-refractivity contribution in [3.63, 3.8) is 0 Å². The van der Waals surface area contributed by atoms with Crippen LogP contribution in [0.2, 0.25) is 0 Å². The Labute approximate surface area is 200 Å². The lowest BCUT2D eigenvalue weighted by molar-refractivity contribution is 0.100. The minimum absolute atomic E-state index is 0. The van der Waals surface area contributed by atoms with E-state index in [2.05, 4.69) is 40.7 Å². The summed E-state index contributed by atoms with van der Waals surface area (Å²) in [4.78, 5) is 15.8. The number of hydrogen-bond acceptors (Lipinski definition) is 4. The smallest absolute Gasteiger partial charge is 0.248 e. The fourth-order valence-corrected chi connectivity index (χ4v) is 3.17. The molecule has 1 fully saturated rings. The van der Waals surface area contributed by atoms with Crippen LogP contribution >= 0.6 is 24.0 Å². The SMILES string of the molecule is CCNC(=NCc1ccc(C(N)=O)cc1)NCc1ccc(C)cc1OC1CCOC1.I. The van der Waals surface area contributed by atoms with E-state index in [1.807, 2.05) is 19.1 Å². The molecule has 1 aliphatic rings. The van der Waals surface area contributed by atoms with E-state index >= 15 is 0 Å². The number of aryl methyl sites for hydroxylation is 1. The lowest BCUT2D eigenvalue weighted by Crippen LogP contribution is -2.37. The highest BCUT2D eigenvalue weighted by atomic mass is 127. The summed E-state index contributed by atoms with van der Waals surface area (Å²) in [5.74, 6) is 1.17. The monoisotopic (exact) mass is 538 g/mol. The highest BCUT2D eigenvalue weighted by Gasteiger charge is 2.18. The van der Waals surface area contributed by atoms with Crippen LogP contribution < -0.4 is 21.1 Å². The standard InChI is InChI=1S/C23H30N4O3.HI/c1-3-25-23(26-13-17-5-8-18(9-6-17)22(24)28)27-14-19-7-4-16(2)12-21(19)30-20-10-11-29-15-20;/h4-9,12,20H,3,10-11,13-15H2,1-2H3,(H2,24,28)(H2,25,26,27);1H. The number of nitrogens with zero attached hydrogens (tertiary/aromatic N) is 1. The van der Waals surface area contributed by atoms with Gasteiger partial charge in [0.1, 0.15) is 11.9 Å². The first-order valence-corrected chi connectivity index (χ1v) is 10.3. The summed E-state index contributed by atoms with van der Waals surface area (Å²) in [5, 5.41) is 6.64. The Bertz CT molecular complexity index is 881. The Balaban J connectivity index is 0.00000341. The number of nitrogens with two attached hydrogens (primary N) is 1. The molecule has 1 aliphatic heterocycles. The van der Waals surface area contributed by atoms with Crippen molar-refractivity contribution >= 4 is 35.8 Å². The predicted octanol–water partition coefficient (Wildman–Crippen LogP) is 3.13. The van der Waals surface area contributed by atoms with Crippen molar-refractivity contribution in [1.82, 2.24) is 10.6 Å². The van der Waals surface area contributed by atoms with Gasteiger partial charge in [0.25, 0.3) is 0 Å². The maximum Gasteiger partial charge on any atom is 0.248 e. The van der Waals surface area contributed by atoms with Crippen molar-refractivity contribution in [1.29, 1.82) is 0 Å². The van der Waals surface area contributed by atoms with Gasteiger partial charge >= 0.3 is 0 Å². The van der Waals surface area contributed by atoms with Gasteiger partial charge in [0.05, 0.1) is 19.8 Å². The molecule has 1 saturated heterocycles. The fourth-order valence-electron chi connectivity index (χ4n) is 3.17. The number of rotatable bonds is 8. The van der Waals surface area contributed by atoms with E-state index < -0.39 is 5.91 Å². The second-order valence-electron chi connectivity index (χ2n) is 7.32. The molecule has 3 rings (SSSR count). The zero-order valence-electron chi connectivity index (χ0n) is 18.0. The molecule has 1 heterocycles. The summed E-state index contributed by atoms with van der Waals surface area (Å²) in [6.45, 7) is 7.31. The fraction of sp³-hybridized carbons (Fsp3) is 0.391. The molecule has 1 atom stereocenters. The first kappa shape index (κ1) is 24.9. The molecule has 0 aliphatic carbocycles. The Morgan fingerprint density at radius 1 is 1.23 bits per heavy atom. The number of amides is 1. The second kappa shape index (κ2) is 12.5. The van der Waals surface area contributed by atoms with Gasteiger partial charge in [0.15, 0.2) is 5.96 Å². The number of carbonyl (C=O) groups is 1. The number of nitrogens with one attached hydrogen (secondary N) is 2. The van der Waals surface area contributed by atoms with E-state index in [1.165, 1.54) is 0 Å². The third kappa shape index (κ3) is 7.70. The average molecular weight is 538 g/mol. The number of carbonyl (C=O) groups excluding carboxylic acids is 1. The molecule has 4 N–H and O–H groups in total. The lowest BCUT2D eigenvalue weighted by Gasteiger charge is -2.18. The van der Waals surface area contributed by atoms with E-state index in [4.69, 9.17) is 15.2 Å². The van der Waals surface area contributed by atoms with Crippen molar-refractivity contribution < 1.29 is 14.3 Å². The van der Waals surface area contributed by atoms with Crippen molar-refractivity contribution in [2.24, 2.45) is 10.7 Å². The van der Waals surface area contributed by atoms with E-state index in [0.29, 0.717) is 31.2 Å². The van der Waals surface area contributed by atoms with Crippen LogP contribution in [0.3, 0.4) is 0 Å². The molecule has 31 heavy (non-hydrogen) atoms. The first-order chi connectivity index (χ1) is 14.5. The largest absolute Gasteiger partial charge is 0.488 e. The van der Waals surface area contributed by atoms with Gasteiger partial charge in [-0.2, -0.15) is 0 Å². The van der Waals surface area contributed by atoms with Crippen molar-refractivity contribution in [3.8, 4) is 5.75 Å². The van der Waals surface area contributed by atoms with Crippen LogP contribution in [0.15, 0.2) is 47.5 Å². The molecule has 0 bridgehead atoms. The van der Waals surface area contributed by atoms with E-state index in [0.717, 1.165) is 42.0 Å². The third-order valence-electron chi connectivity index (χ3n) is 4.85. The Hall–Kier alpha value is -2.33. The van der Waals surface area contributed by atoms with Crippen LogP contribution in [0.25, 0.3) is 0 Å². The maximum absolute atomic E-state index is 11.2. The van der Waals surface area contributed by atoms with E-state index in [1.54, 1.807) is 12.1 Å². The lowest BCUT2D eigenvalue weighted by atomic mass is 10.1. The summed E-state index contributed by atoms with van der Waals surface area (Å²) in [5.41, 5.74) is 9.01. The van der Waals surface area contributed by atoms with Crippen LogP contribution in [0.5, 0.6) is 5.75 Å². The van der Waals surface area contributed by atoms with Gasteiger partial charge < -0.3 is 25.8 Å². The third-order valence-corrected chi connectivity index (χ3v) is 4.85. The second-order valence-corrected chi connectivity index (χ2v) is 7.32. The molecule has 7 nitrogen and oxygen atoms in total. The van der Waals surface area contributed by atoms with Gasteiger partial charge in [-0.3, -0.25) is 4.79 Å². The molecule has 0 spiro atoms. The van der Waals surface area contributed by atoms with Crippen LogP contribution in [-0.4, -0.2) is 37.7 Å². The van der Waals surface area contributed by atoms with Gasteiger partial charge in [0, 0.05) is 30.6 Å². The topological polar surface area (TPSA) is 98.0 Å².